The Hall–Kier alpha value is -4.06. The number of hydrogen-bond acceptors (Lipinski definition) is 6. The van der Waals surface area contributed by atoms with Gasteiger partial charge in [-0.1, -0.05) is 24.3 Å². The average molecular weight is 497 g/mol. The van der Waals surface area contributed by atoms with Crippen LogP contribution in [-0.4, -0.2) is 19.7 Å². The number of benzene rings is 3. The van der Waals surface area contributed by atoms with Gasteiger partial charge >= 0.3 is 11.6 Å². The Bertz CT molecular complexity index is 1550. The molecule has 0 unspecified atom stereocenters. The summed E-state index contributed by atoms with van der Waals surface area (Å²) in [6.45, 7) is 2.54. The number of esters is 1. The molecular weight excluding hydrogens is 468 g/mol. The van der Waals surface area contributed by atoms with Crippen LogP contribution in [-0.2, 0) is 24.1 Å². The molecule has 1 aliphatic heterocycles. The monoisotopic (exact) mass is 496 g/mol. The highest BCUT2D eigenvalue weighted by Gasteiger charge is 2.34. The van der Waals surface area contributed by atoms with Gasteiger partial charge in [-0.05, 0) is 78.8 Å². The van der Waals surface area contributed by atoms with Crippen molar-refractivity contribution in [3.05, 3.63) is 98.4 Å². The normalized spacial score (nSPS) is 16.3. The largest absolute Gasteiger partial charge is 0.497 e. The van der Waals surface area contributed by atoms with Gasteiger partial charge in [-0.3, -0.25) is 4.79 Å². The van der Waals surface area contributed by atoms with E-state index in [0.717, 1.165) is 58.4 Å². The first kappa shape index (κ1) is 23.3. The molecule has 1 aromatic heterocycles. The molecule has 0 saturated carbocycles. The summed E-state index contributed by atoms with van der Waals surface area (Å²) in [5.41, 5.74) is 6.04. The Kier molecular flexibility index (Phi) is 5.95. The molecule has 0 amide bonds. The van der Waals surface area contributed by atoms with Crippen LogP contribution in [0.4, 0.5) is 0 Å². The number of ether oxygens (including phenoxy) is 3. The Morgan fingerprint density at radius 1 is 0.946 bits per heavy atom. The second-order valence-corrected chi connectivity index (χ2v) is 9.76. The van der Waals surface area contributed by atoms with Crippen LogP contribution in [0.5, 0.6) is 17.2 Å². The molecule has 6 nitrogen and oxygen atoms in total. The van der Waals surface area contributed by atoms with Gasteiger partial charge in [0.25, 0.3) is 0 Å². The van der Waals surface area contributed by atoms with Gasteiger partial charge < -0.3 is 18.6 Å². The molecule has 2 aliphatic rings. The summed E-state index contributed by atoms with van der Waals surface area (Å²) >= 11 is 0. The van der Waals surface area contributed by atoms with Crippen LogP contribution in [0.15, 0.2) is 63.8 Å². The first-order valence-corrected chi connectivity index (χ1v) is 12.7. The summed E-state index contributed by atoms with van der Waals surface area (Å²) in [6.07, 6.45) is 3.45. The van der Waals surface area contributed by atoms with Gasteiger partial charge in [-0.25, -0.2) is 4.79 Å². The van der Waals surface area contributed by atoms with Crippen LogP contribution in [0.3, 0.4) is 0 Å². The predicted octanol–water partition coefficient (Wildman–Crippen LogP) is 5.66. The van der Waals surface area contributed by atoms with Crippen molar-refractivity contribution in [1.82, 2.24) is 0 Å². The Labute approximate surface area is 214 Å². The first-order chi connectivity index (χ1) is 18.0. The second-order valence-electron chi connectivity index (χ2n) is 9.76. The zero-order chi connectivity index (χ0) is 25.5. The van der Waals surface area contributed by atoms with Gasteiger partial charge in [0.05, 0.1) is 25.5 Å². The number of carbonyl (C=O) groups is 1. The lowest BCUT2D eigenvalue weighted by Crippen LogP contribution is -2.23. The van der Waals surface area contributed by atoms with Crippen LogP contribution in [0.25, 0.3) is 11.0 Å². The molecule has 0 bridgehead atoms. The molecule has 6 heteroatoms. The number of aryl methyl sites for hydroxylation is 2. The molecule has 188 valence electrons. The third-order valence-corrected chi connectivity index (χ3v) is 7.50. The Morgan fingerprint density at radius 2 is 1.68 bits per heavy atom. The van der Waals surface area contributed by atoms with Crippen LogP contribution in [0.2, 0.25) is 0 Å². The van der Waals surface area contributed by atoms with E-state index in [1.807, 2.05) is 61.5 Å². The molecular formula is C31H28O6. The fourth-order valence-electron chi connectivity index (χ4n) is 5.67. The molecule has 0 fully saturated rings. The maximum atomic E-state index is 12.8. The van der Waals surface area contributed by atoms with Crippen LogP contribution in [0, 0.1) is 6.92 Å². The van der Waals surface area contributed by atoms with Crippen molar-refractivity contribution in [2.24, 2.45) is 0 Å². The summed E-state index contributed by atoms with van der Waals surface area (Å²) in [7, 11) is 1.66. The molecule has 0 saturated heterocycles. The number of methoxy groups -OCH3 is 1. The second kappa shape index (κ2) is 9.43. The number of hydrogen-bond donors (Lipinski definition) is 0. The van der Waals surface area contributed by atoms with Crippen molar-refractivity contribution in [3.63, 3.8) is 0 Å². The molecule has 1 aliphatic carbocycles. The predicted molar refractivity (Wildman–Crippen MR) is 140 cm³/mol. The standard InChI is InChI=1S/C31H28O6/c1-18-16-26-29(23-4-3-5-24(23)31(33)36-26)30-28(18)25(17-27(32)37-30)20-8-12-22(13-9-20)35-15-14-19-6-10-21(34-2)11-7-19/h6-13,16,25H,3-5,14-15,17H2,1-2H3/t25-/m0/s1. The van der Waals surface area contributed by atoms with Crippen molar-refractivity contribution in [2.75, 3.05) is 13.7 Å². The highest BCUT2D eigenvalue weighted by Crippen LogP contribution is 2.47. The zero-order valence-electron chi connectivity index (χ0n) is 21.0. The van der Waals surface area contributed by atoms with Crippen LogP contribution < -0.4 is 19.8 Å². The third-order valence-electron chi connectivity index (χ3n) is 7.50. The fraction of sp³-hybridized carbons (Fsp3) is 0.290. The zero-order valence-corrected chi connectivity index (χ0v) is 21.0. The fourth-order valence-corrected chi connectivity index (χ4v) is 5.67. The van der Waals surface area contributed by atoms with Crippen molar-refractivity contribution >= 4 is 16.9 Å². The van der Waals surface area contributed by atoms with E-state index in [0.29, 0.717) is 29.9 Å². The van der Waals surface area contributed by atoms with Crippen molar-refractivity contribution in [1.29, 1.82) is 0 Å². The average Bonchev–Trinajstić information content (AvgIpc) is 3.39. The first-order valence-electron chi connectivity index (χ1n) is 12.7. The molecule has 2 heterocycles. The lowest BCUT2D eigenvalue weighted by molar-refractivity contribution is -0.135. The summed E-state index contributed by atoms with van der Waals surface area (Å²) in [5.74, 6) is 1.76. The molecule has 4 aromatic rings. The maximum Gasteiger partial charge on any atom is 0.339 e. The van der Waals surface area contributed by atoms with Crippen molar-refractivity contribution in [2.45, 2.75) is 44.9 Å². The molecule has 1 atom stereocenters. The maximum absolute atomic E-state index is 12.8. The Morgan fingerprint density at radius 3 is 2.43 bits per heavy atom. The van der Waals surface area contributed by atoms with E-state index >= 15 is 0 Å². The van der Waals surface area contributed by atoms with E-state index in [9.17, 15) is 9.59 Å². The molecule has 37 heavy (non-hydrogen) atoms. The van der Waals surface area contributed by atoms with Gasteiger partial charge in [-0.2, -0.15) is 0 Å². The highest BCUT2D eigenvalue weighted by atomic mass is 16.5. The lowest BCUT2D eigenvalue weighted by Gasteiger charge is -2.28. The number of rotatable bonds is 6. The number of fused-ring (bicyclic) bond motifs is 5. The van der Waals surface area contributed by atoms with Crippen LogP contribution in [0.1, 0.15) is 52.1 Å². The van der Waals surface area contributed by atoms with E-state index in [1.54, 1.807) is 7.11 Å². The van der Waals surface area contributed by atoms with E-state index in [-0.39, 0.29) is 23.9 Å². The van der Waals surface area contributed by atoms with Gasteiger partial charge in [0.1, 0.15) is 22.8 Å². The minimum atomic E-state index is -0.277. The lowest BCUT2D eigenvalue weighted by atomic mass is 9.82. The van der Waals surface area contributed by atoms with Gasteiger partial charge in [0.15, 0.2) is 0 Å². The third kappa shape index (κ3) is 4.26. The van der Waals surface area contributed by atoms with Gasteiger partial charge in [-0.15, -0.1) is 0 Å². The van der Waals surface area contributed by atoms with E-state index in [2.05, 4.69) is 0 Å². The van der Waals surface area contributed by atoms with E-state index < -0.39 is 0 Å². The highest BCUT2D eigenvalue weighted by molar-refractivity contribution is 5.94. The molecule has 0 N–H and O–H groups in total. The molecule has 6 rings (SSSR count). The Balaban J connectivity index is 1.27. The molecule has 3 aromatic carbocycles. The topological polar surface area (TPSA) is 75.0 Å². The van der Waals surface area contributed by atoms with Crippen molar-refractivity contribution < 1.29 is 23.4 Å². The van der Waals surface area contributed by atoms with Crippen molar-refractivity contribution in [3.8, 4) is 17.2 Å². The molecule has 0 radical (unpaired) electrons. The van der Waals surface area contributed by atoms with Gasteiger partial charge in [0.2, 0.25) is 0 Å². The summed E-state index contributed by atoms with van der Waals surface area (Å²) < 4.78 is 22.7. The minimum absolute atomic E-state index is 0.141. The van der Waals surface area contributed by atoms with Crippen LogP contribution >= 0.6 is 0 Å². The minimum Gasteiger partial charge on any atom is -0.497 e. The summed E-state index contributed by atoms with van der Waals surface area (Å²) in [4.78, 5) is 25.2. The summed E-state index contributed by atoms with van der Waals surface area (Å²) in [6, 6.07) is 17.8. The number of carbonyl (C=O) groups excluding carboxylic acids is 1. The smallest absolute Gasteiger partial charge is 0.339 e. The van der Waals surface area contributed by atoms with E-state index in [4.69, 9.17) is 18.6 Å². The summed E-state index contributed by atoms with van der Waals surface area (Å²) in [5, 5.41) is 0.782. The molecule has 0 spiro atoms. The van der Waals surface area contributed by atoms with Gasteiger partial charge in [0, 0.05) is 23.5 Å². The quantitative estimate of drug-likeness (QED) is 0.195. The van der Waals surface area contributed by atoms with E-state index in [1.165, 1.54) is 5.56 Å². The SMILES string of the molecule is COc1ccc(CCOc2ccc([C@@H]3CC(=O)Oc4c3c(C)cc3oc(=O)c5c(c43)CCC5)cc2)cc1.